The van der Waals surface area contributed by atoms with Gasteiger partial charge in [0.05, 0.1) is 12.3 Å². The van der Waals surface area contributed by atoms with E-state index >= 15 is 0 Å². The van der Waals surface area contributed by atoms with E-state index in [9.17, 15) is 4.79 Å². The molecule has 0 fully saturated rings. The highest BCUT2D eigenvalue weighted by Gasteiger charge is 2.17. The first-order valence-electron chi connectivity index (χ1n) is 7.64. The molecule has 2 rings (SSSR count). The highest BCUT2D eigenvalue weighted by molar-refractivity contribution is 5.77. The van der Waals surface area contributed by atoms with Crippen LogP contribution in [0.3, 0.4) is 0 Å². The van der Waals surface area contributed by atoms with Crippen molar-refractivity contribution in [1.82, 2.24) is 10.2 Å². The van der Waals surface area contributed by atoms with E-state index < -0.39 is 0 Å². The minimum atomic E-state index is -0.151. The summed E-state index contributed by atoms with van der Waals surface area (Å²) in [5, 5.41) is 2.88. The minimum absolute atomic E-state index is 0.000798. The first kappa shape index (κ1) is 17.1. The van der Waals surface area contributed by atoms with Crippen molar-refractivity contribution in [3.8, 4) is 5.75 Å². The van der Waals surface area contributed by atoms with Crippen LogP contribution in [0.4, 0.5) is 0 Å². The van der Waals surface area contributed by atoms with Crippen LogP contribution in [0.5, 0.6) is 5.75 Å². The first-order valence-corrected chi connectivity index (χ1v) is 7.64. The van der Waals surface area contributed by atoms with Gasteiger partial charge in [0.25, 0.3) is 5.91 Å². The molecule has 1 aromatic carbocycles. The monoisotopic (exact) mass is 316 g/mol. The molecule has 0 spiro atoms. The molecular formula is C18H24N2O3. The van der Waals surface area contributed by atoms with Crippen LogP contribution in [0, 0.1) is 13.8 Å². The molecule has 1 atom stereocenters. The summed E-state index contributed by atoms with van der Waals surface area (Å²) in [6.45, 7) is 4.53. The van der Waals surface area contributed by atoms with Crippen molar-refractivity contribution in [2.45, 2.75) is 19.9 Å². The van der Waals surface area contributed by atoms with Crippen molar-refractivity contribution in [3.63, 3.8) is 0 Å². The maximum absolute atomic E-state index is 12.0. The number of ether oxygens (including phenoxy) is 1. The van der Waals surface area contributed by atoms with E-state index in [0.29, 0.717) is 12.3 Å². The SMILES string of the molecule is Cc1ccc(OCC(=O)NC[C@H](c2ccco2)N(C)C)cc1C. The van der Waals surface area contributed by atoms with Gasteiger partial charge in [-0.05, 0) is 63.3 Å². The third kappa shape index (κ3) is 4.86. The van der Waals surface area contributed by atoms with Gasteiger partial charge < -0.3 is 14.5 Å². The largest absolute Gasteiger partial charge is 0.484 e. The summed E-state index contributed by atoms with van der Waals surface area (Å²) >= 11 is 0. The predicted molar refractivity (Wildman–Crippen MR) is 89.6 cm³/mol. The molecule has 0 aliphatic heterocycles. The Labute approximate surface area is 137 Å². The van der Waals surface area contributed by atoms with E-state index in [2.05, 4.69) is 5.32 Å². The van der Waals surface area contributed by atoms with Gasteiger partial charge in [-0.2, -0.15) is 0 Å². The lowest BCUT2D eigenvalue weighted by atomic mass is 10.1. The zero-order valence-corrected chi connectivity index (χ0v) is 14.1. The normalized spacial score (nSPS) is 12.2. The van der Waals surface area contributed by atoms with Gasteiger partial charge in [-0.1, -0.05) is 6.07 Å². The lowest BCUT2D eigenvalue weighted by Crippen LogP contribution is -2.36. The lowest BCUT2D eigenvalue weighted by Gasteiger charge is -2.22. The molecule has 0 unspecified atom stereocenters. The maximum atomic E-state index is 12.0. The Morgan fingerprint density at radius 1 is 1.26 bits per heavy atom. The second-order valence-electron chi connectivity index (χ2n) is 5.83. The van der Waals surface area contributed by atoms with Crippen molar-refractivity contribution < 1.29 is 13.9 Å². The summed E-state index contributed by atoms with van der Waals surface area (Å²) < 4.78 is 11.0. The molecule has 1 heterocycles. The zero-order valence-electron chi connectivity index (χ0n) is 14.1. The number of aryl methyl sites for hydroxylation is 2. The Hall–Kier alpha value is -2.27. The molecule has 0 saturated heterocycles. The third-order valence-corrected chi connectivity index (χ3v) is 3.84. The van der Waals surface area contributed by atoms with Gasteiger partial charge in [0, 0.05) is 6.54 Å². The van der Waals surface area contributed by atoms with Gasteiger partial charge >= 0.3 is 0 Å². The number of carbonyl (C=O) groups is 1. The van der Waals surface area contributed by atoms with Crippen LogP contribution in [-0.2, 0) is 4.79 Å². The van der Waals surface area contributed by atoms with Gasteiger partial charge in [-0.25, -0.2) is 0 Å². The molecule has 2 aromatic rings. The summed E-state index contributed by atoms with van der Waals surface area (Å²) in [7, 11) is 3.90. The number of rotatable bonds is 7. The van der Waals surface area contributed by atoms with E-state index in [1.54, 1.807) is 6.26 Å². The topological polar surface area (TPSA) is 54.7 Å². The molecule has 23 heavy (non-hydrogen) atoms. The Bertz CT molecular complexity index is 636. The van der Waals surface area contributed by atoms with Crippen LogP contribution in [-0.4, -0.2) is 38.1 Å². The number of hydrogen-bond donors (Lipinski definition) is 1. The molecule has 0 radical (unpaired) electrons. The second kappa shape index (κ2) is 7.83. The average molecular weight is 316 g/mol. The third-order valence-electron chi connectivity index (χ3n) is 3.84. The molecule has 0 saturated carbocycles. The molecule has 0 aliphatic carbocycles. The number of carbonyl (C=O) groups excluding carboxylic acids is 1. The van der Waals surface area contributed by atoms with Gasteiger partial charge in [0.1, 0.15) is 11.5 Å². The summed E-state index contributed by atoms with van der Waals surface area (Å²) in [5.41, 5.74) is 2.35. The molecular weight excluding hydrogens is 292 g/mol. The number of amides is 1. The molecule has 0 aliphatic rings. The molecule has 1 aromatic heterocycles. The highest BCUT2D eigenvalue weighted by Crippen LogP contribution is 2.18. The standard InChI is InChI=1S/C18H24N2O3/c1-13-7-8-15(10-14(13)2)23-12-18(21)19-11-16(20(3)4)17-6-5-9-22-17/h5-10,16H,11-12H2,1-4H3,(H,19,21)/t16-/m1/s1. The Balaban J connectivity index is 1.83. The number of nitrogens with zero attached hydrogens (tertiary/aromatic N) is 1. The molecule has 1 amide bonds. The van der Waals surface area contributed by atoms with E-state index in [1.807, 2.05) is 63.2 Å². The Morgan fingerprint density at radius 3 is 2.65 bits per heavy atom. The molecule has 5 heteroatoms. The Morgan fingerprint density at radius 2 is 2.04 bits per heavy atom. The van der Waals surface area contributed by atoms with Crippen molar-refractivity contribution in [2.75, 3.05) is 27.2 Å². The smallest absolute Gasteiger partial charge is 0.258 e. The van der Waals surface area contributed by atoms with Crippen LogP contribution in [0.25, 0.3) is 0 Å². The van der Waals surface area contributed by atoms with Crippen LogP contribution in [0.15, 0.2) is 41.0 Å². The second-order valence-corrected chi connectivity index (χ2v) is 5.83. The van der Waals surface area contributed by atoms with E-state index in [0.717, 1.165) is 11.3 Å². The predicted octanol–water partition coefficient (Wildman–Crippen LogP) is 2.69. The number of likely N-dealkylation sites (N-methyl/N-ethyl adjacent to an activating group) is 1. The van der Waals surface area contributed by atoms with Gasteiger partial charge in [-0.15, -0.1) is 0 Å². The van der Waals surface area contributed by atoms with E-state index in [4.69, 9.17) is 9.15 Å². The van der Waals surface area contributed by atoms with Gasteiger partial charge in [-0.3, -0.25) is 9.69 Å². The number of nitrogens with one attached hydrogen (secondary N) is 1. The number of benzene rings is 1. The van der Waals surface area contributed by atoms with Gasteiger partial charge in [0.15, 0.2) is 6.61 Å². The van der Waals surface area contributed by atoms with Crippen LogP contribution >= 0.6 is 0 Å². The van der Waals surface area contributed by atoms with E-state index in [1.165, 1.54) is 5.56 Å². The fourth-order valence-corrected chi connectivity index (χ4v) is 2.23. The average Bonchev–Trinajstić information content (AvgIpc) is 3.02. The van der Waals surface area contributed by atoms with Crippen molar-refractivity contribution in [3.05, 3.63) is 53.5 Å². The first-order chi connectivity index (χ1) is 11.0. The zero-order chi connectivity index (χ0) is 16.8. The van der Waals surface area contributed by atoms with Crippen molar-refractivity contribution >= 4 is 5.91 Å². The lowest BCUT2D eigenvalue weighted by molar-refractivity contribution is -0.123. The summed E-state index contributed by atoms with van der Waals surface area (Å²) in [4.78, 5) is 14.0. The highest BCUT2D eigenvalue weighted by atomic mass is 16.5. The quantitative estimate of drug-likeness (QED) is 0.853. The van der Waals surface area contributed by atoms with Gasteiger partial charge in [0.2, 0.25) is 0 Å². The van der Waals surface area contributed by atoms with Crippen molar-refractivity contribution in [2.24, 2.45) is 0 Å². The summed E-state index contributed by atoms with van der Waals surface area (Å²) in [6.07, 6.45) is 1.64. The molecule has 5 nitrogen and oxygen atoms in total. The molecule has 124 valence electrons. The fourth-order valence-electron chi connectivity index (χ4n) is 2.23. The number of hydrogen-bond acceptors (Lipinski definition) is 4. The summed E-state index contributed by atoms with van der Waals surface area (Å²) in [6, 6.07) is 9.55. The number of furan rings is 1. The van der Waals surface area contributed by atoms with Crippen LogP contribution < -0.4 is 10.1 Å². The minimum Gasteiger partial charge on any atom is -0.484 e. The summed E-state index contributed by atoms with van der Waals surface area (Å²) in [5.74, 6) is 1.38. The van der Waals surface area contributed by atoms with E-state index in [-0.39, 0.29) is 18.6 Å². The van der Waals surface area contributed by atoms with Crippen LogP contribution in [0.1, 0.15) is 22.9 Å². The van der Waals surface area contributed by atoms with Crippen LogP contribution in [0.2, 0.25) is 0 Å². The maximum Gasteiger partial charge on any atom is 0.258 e. The van der Waals surface area contributed by atoms with Crippen molar-refractivity contribution in [1.29, 1.82) is 0 Å². The molecule has 1 N–H and O–H groups in total. The molecule has 0 bridgehead atoms. The Kier molecular flexibility index (Phi) is 5.82. The fraction of sp³-hybridized carbons (Fsp3) is 0.389.